The topological polar surface area (TPSA) is 76.6 Å². The molecular formula is C20H25N5O. The first kappa shape index (κ1) is 16.9. The van der Waals surface area contributed by atoms with Crippen molar-refractivity contribution in [3.8, 4) is 6.07 Å². The summed E-state index contributed by atoms with van der Waals surface area (Å²) < 4.78 is 0. The van der Waals surface area contributed by atoms with Crippen LogP contribution in [-0.4, -0.2) is 52.3 Å². The van der Waals surface area contributed by atoms with Gasteiger partial charge < -0.3 is 15.5 Å². The Hall–Kier alpha value is -2.52. The Morgan fingerprint density at radius 3 is 2.81 bits per heavy atom. The minimum atomic E-state index is -0.0635. The van der Waals surface area contributed by atoms with Crippen LogP contribution in [-0.2, 0) is 11.3 Å². The standard InChI is InChI=1S/C20H25N5O/c21-11-15-5-1-2-6-16(15)12-25-19(24-10-3-7-17(22)13-24)14-23-9-4-8-18(23)20(25)26/h1-2,5-6,14,17-18H,3-4,7-10,12-13,22H2/t17-,18?/m1/s1. The lowest BCUT2D eigenvalue weighted by Crippen LogP contribution is -2.54. The zero-order chi connectivity index (χ0) is 18.1. The summed E-state index contributed by atoms with van der Waals surface area (Å²) >= 11 is 0. The highest BCUT2D eigenvalue weighted by Crippen LogP contribution is 2.31. The van der Waals surface area contributed by atoms with Crippen molar-refractivity contribution in [2.24, 2.45) is 5.73 Å². The number of hydrogen-bond donors (Lipinski definition) is 1. The Morgan fingerprint density at radius 2 is 2.00 bits per heavy atom. The number of amides is 1. The van der Waals surface area contributed by atoms with E-state index in [9.17, 15) is 10.1 Å². The normalized spacial score (nSPS) is 25.8. The van der Waals surface area contributed by atoms with Crippen molar-refractivity contribution in [3.05, 3.63) is 47.4 Å². The molecule has 26 heavy (non-hydrogen) atoms. The number of nitrogens with two attached hydrogens (primary N) is 1. The molecule has 0 aliphatic carbocycles. The number of nitrogens with zero attached hydrogens (tertiary/aromatic N) is 4. The molecule has 1 aromatic rings. The van der Waals surface area contributed by atoms with Gasteiger partial charge in [0, 0.05) is 31.9 Å². The Morgan fingerprint density at radius 1 is 1.19 bits per heavy atom. The zero-order valence-corrected chi connectivity index (χ0v) is 15.0. The lowest BCUT2D eigenvalue weighted by Gasteiger charge is -2.44. The Kier molecular flexibility index (Phi) is 4.56. The molecule has 3 aliphatic heterocycles. The van der Waals surface area contributed by atoms with Gasteiger partial charge in [-0.15, -0.1) is 0 Å². The minimum absolute atomic E-state index is 0.0635. The monoisotopic (exact) mass is 351 g/mol. The Bertz CT molecular complexity index is 768. The van der Waals surface area contributed by atoms with Gasteiger partial charge in [0.25, 0.3) is 5.91 Å². The molecule has 3 heterocycles. The highest BCUT2D eigenvalue weighted by molar-refractivity contribution is 5.85. The fraction of sp³-hybridized carbons (Fsp3) is 0.500. The summed E-state index contributed by atoms with van der Waals surface area (Å²) in [6, 6.07) is 9.86. The van der Waals surface area contributed by atoms with E-state index in [0.717, 1.165) is 56.7 Å². The summed E-state index contributed by atoms with van der Waals surface area (Å²) in [5, 5.41) is 9.41. The van der Waals surface area contributed by atoms with Crippen molar-refractivity contribution < 1.29 is 4.79 Å². The first-order valence-corrected chi connectivity index (χ1v) is 9.45. The molecule has 1 aromatic carbocycles. The van der Waals surface area contributed by atoms with Gasteiger partial charge >= 0.3 is 0 Å². The summed E-state index contributed by atoms with van der Waals surface area (Å²) in [4.78, 5) is 19.6. The van der Waals surface area contributed by atoms with Gasteiger partial charge in [-0.2, -0.15) is 5.26 Å². The molecule has 6 heteroatoms. The van der Waals surface area contributed by atoms with E-state index in [-0.39, 0.29) is 18.0 Å². The number of hydrogen-bond acceptors (Lipinski definition) is 5. The average Bonchev–Trinajstić information content (AvgIpc) is 3.13. The van der Waals surface area contributed by atoms with Crippen LogP contribution in [0.25, 0.3) is 0 Å². The molecule has 2 saturated heterocycles. The van der Waals surface area contributed by atoms with E-state index in [2.05, 4.69) is 22.1 Å². The number of benzene rings is 1. The predicted octanol–water partition coefficient (Wildman–Crippen LogP) is 1.59. The van der Waals surface area contributed by atoms with Crippen molar-refractivity contribution in [3.63, 3.8) is 0 Å². The van der Waals surface area contributed by atoms with Crippen LogP contribution in [0.2, 0.25) is 0 Å². The van der Waals surface area contributed by atoms with Gasteiger partial charge in [-0.3, -0.25) is 9.69 Å². The molecule has 2 N–H and O–H groups in total. The van der Waals surface area contributed by atoms with E-state index in [4.69, 9.17) is 5.73 Å². The van der Waals surface area contributed by atoms with Crippen LogP contribution in [0, 0.1) is 11.3 Å². The highest BCUT2D eigenvalue weighted by Gasteiger charge is 2.40. The van der Waals surface area contributed by atoms with Gasteiger partial charge in [-0.1, -0.05) is 18.2 Å². The van der Waals surface area contributed by atoms with Gasteiger partial charge in [0.15, 0.2) is 0 Å². The van der Waals surface area contributed by atoms with Crippen LogP contribution >= 0.6 is 0 Å². The van der Waals surface area contributed by atoms with E-state index in [1.165, 1.54) is 0 Å². The van der Waals surface area contributed by atoms with E-state index in [0.29, 0.717) is 12.1 Å². The number of fused-ring (bicyclic) bond motifs is 1. The molecule has 3 aliphatic rings. The number of likely N-dealkylation sites (tertiary alicyclic amines) is 1. The lowest BCUT2D eigenvalue weighted by atomic mass is 10.0. The van der Waals surface area contributed by atoms with Crippen LogP contribution in [0.4, 0.5) is 0 Å². The summed E-state index contributed by atoms with van der Waals surface area (Å²) in [6.07, 6.45) is 6.16. The average molecular weight is 351 g/mol. The SMILES string of the molecule is N#Cc1ccccc1CN1C(=O)C2CCCN2C=C1N1CCC[C@@H](N)C1. The van der Waals surface area contributed by atoms with Crippen molar-refractivity contribution in [1.29, 1.82) is 5.26 Å². The van der Waals surface area contributed by atoms with Crippen LogP contribution in [0.5, 0.6) is 0 Å². The smallest absolute Gasteiger partial charge is 0.251 e. The molecule has 2 atom stereocenters. The number of rotatable bonds is 3. The first-order valence-electron chi connectivity index (χ1n) is 9.45. The van der Waals surface area contributed by atoms with Gasteiger partial charge in [-0.25, -0.2) is 0 Å². The van der Waals surface area contributed by atoms with Gasteiger partial charge in [0.05, 0.1) is 18.2 Å². The molecule has 0 aromatic heterocycles. The summed E-state index contributed by atoms with van der Waals surface area (Å²) in [5.41, 5.74) is 7.71. The third-order valence-corrected chi connectivity index (χ3v) is 5.65. The number of piperidine rings is 1. The second-order valence-electron chi connectivity index (χ2n) is 7.42. The molecule has 4 rings (SSSR count). The second-order valence-corrected chi connectivity index (χ2v) is 7.42. The van der Waals surface area contributed by atoms with Gasteiger partial charge in [0.2, 0.25) is 0 Å². The van der Waals surface area contributed by atoms with E-state index >= 15 is 0 Å². The number of nitriles is 1. The first-order chi connectivity index (χ1) is 12.7. The fourth-order valence-electron chi connectivity index (χ4n) is 4.29. The maximum absolute atomic E-state index is 13.2. The summed E-state index contributed by atoms with van der Waals surface area (Å²) in [5.74, 6) is 1.09. The van der Waals surface area contributed by atoms with Crippen LogP contribution in [0.3, 0.4) is 0 Å². The molecule has 0 bridgehead atoms. The molecule has 2 fully saturated rings. The second kappa shape index (κ2) is 7.00. The van der Waals surface area contributed by atoms with Gasteiger partial charge in [0.1, 0.15) is 11.9 Å². The third kappa shape index (κ3) is 3.04. The quantitative estimate of drug-likeness (QED) is 0.895. The van der Waals surface area contributed by atoms with Crippen molar-refractivity contribution in [2.45, 2.75) is 44.3 Å². The molecule has 136 valence electrons. The minimum Gasteiger partial charge on any atom is -0.363 e. The van der Waals surface area contributed by atoms with E-state index < -0.39 is 0 Å². The van der Waals surface area contributed by atoms with Gasteiger partial charge in [-0.05, 0) is 37.3 Å². The third-order valence-electron chi connectivity index (χ3n) is 5.65. The molecule has 0 spiro atoms. The molecule has 0 radical (unpaired) electrons. The molecule has 0 saturated carbocycles. The van der Waals surface area contributed by atoms with Crippen LogP contribution in [0.1, 0.15) is 36.8 Å². The lowest BCUT2D eigenvalue weighted by molar-refractivity contribution is -0.137. The molecule has 6 nitrogen and oxygen atoms in total. The maximum Gasteiger partial charge on any atom is 0.251 e. The number of carbonyl (C=O) groups excluding carboxylic acids is 1. The highest BCUT2D eigenvalue weighted by atomic mass is 16.2. The molecule has 1 amide bonds. The maximum atomic E-state index is 13.2. The summed E-state index contributed by atoms with van der Waals surface area (Å²) in [6.45, 7) is 3.06. The predicted molar refractivity (Wildman–Crippen MR) is 98.3 cm³/mol. The molecular weight excluding hydrogens is 326 g/mol. The largest absolute Gasteiger partial charge is 0.363 e. The van der Waals surface area contributed by atoms with Crippen molar-refractivity contribution in [2.75, 3.05) is 19.6 Å². The van der Waals surface area contributed by atoms with Crippen LogP contribution in [0.15, 0.2) is 36.3 Å². The fourth-order valence-corrected chi connectivity index (χ4v) is 4.29. The Labute approximate surface area is 154 Å². The van der Waals surface area contributed by atoms with Crippen molar-refractivity contribution >= 4 is 5.91 Å². The Balaban J connectivity index is 1.68. The van der Waals surface area contributed by atoms with Crippen molar-refractivity contribution in [1.82, 2.24) is 14.7 Å². The van der Waals surface area contributed by atoms with E-state index in [1.54, 1.807) is 0 Å². The number of carbonyl (C=O) groups is 1. The van der Waals surface area contributed by atoms with Crippen LogP contribution < -0.4 is 5.73 Å². The van der Waals surface area contributed by atoms with E-state index in [1.807, 2.05) is 29.2 Å². The summed E-state index contributed by atoms with van der Waals surface area (Å²) in [7, 11) is 0. The zero-order valence-electron chi connectivity index (χ0n) is 15.0. The molecule has 1 unspecified atom stereocenters.